The Hall–Kier alpha value is -1.03. The van der Waals surface area contributed by atoms with Crippen LogP contribution in [0.1, 0.15) is 12.5 Å². The van der Waals surface area contributed by atoms with Crippen molar-refractivity contribution in [1.82, 2.24) is 0 Å². The van der Waals surface area contributed by atoms with Gasteiger partial charge < -0.3 is 10.5 Å². The smallest absolute Gasteiger partial charge is 0.258 e. The van der Waals surface area contributed by atoms with Crippen LogP contribution in [0, 0.1) is 6.92 Å². The number of primary amides is 1. The lowest BCUT2D eigenvalue weighted by molar-refractivity contribution is -0.124. The second kappa shape index (κ2) is 4.46. The summed E-state index contributed by atoms with van der Waals surface area (Å²) in [7, 11) is 0. The minimum Gasteiger partial charge on any atom is -0.480 e. The zero-order valence-electron chi connectivity index (χ0n) is 8.08. The minimum atomic E-state index is -0.617. The van der Waals surface area contributed by atoms with Gasteiger partial charge in [-0.2, -0.15) is 0 Å². The summed E-state index contributed by atoms with van der Waals surface area (Å²) in [6.45, 7) is 3.60. The molecule has 4 heteroatoms. The highest BCUT2D eigenvalue weighted by atomic mass is 79.9. The van der Waals surface area contributed by atoms with Crippen LogP contribution in [0.3, 0.4) is 0 Å². The van der Waals surface area contributed by atoms with Crippen molar-refractivity contribution in [1.29, 1.82) is 0 Å². The van der Waals surface area contributed by atoms with Crippen LogP contribution in [0.25, 0.3) is 0 Å². The third kappa shape index (κ3) is 2.73. The number of hydrogen-bond donors (Lipinski definition) is 1. The highest BCUT2D eigenvalue weighted by Crippen LogP contribution is 2.26. The number of ether oxygens (including phenoxy) is 1. The molecule has 0 bridgehead atoms. The molecule has 1 unspecified atom stereocenters. The van der Waals surface area contributed by atoms with Gasteiger partial charge in [0, 0.05) is 0 Å². The van der Waals surface area contributed by atoms with Gasteiger partial charge in [-0.25, -0.2) is 0 Å². The molecule has 1 rings (SSSR count). The number of nitrogens with two attached hydrogens (primary N) is 1. The number of carbonyl (C=O) groups excluding carboxylic acids is 1. The van der Waals surface area contributed by atoms with Gasteiger partial charge in [-0.15, -0.1) is 0 Å². The quantitative estimate of drug-likeness (QED) is 0.901. The van der Waals surface area contributed by atoms with E-state index in [0.29, 0.717) is 5.75 Å². The summed E-state index contributed by atoms with van der Waals surface area (Å²) in [5, 5.41) is 0. The number of carbonyl (C=O) groups is 1. The molecular weight excluding hydrogens is 246 g/mol. The van der Waals surface area contributed by atoms with Crippen molar-refractivity contribution >= 4 is 21.8 Å². The summed E-state index contributed by atoms with van der Waals surface area (Å²) in [6.07, 6.45) is -0.617. The van der Waals surface area contributed by atoms with Crippen molar-refractivity contribution in [2.75, 3.05) is 0 Å². The summed E-state index contributed by atoms with van der Waals surface area (Å²) < 4.78 is 6.16. The Morgan fingerprint density at radius 3 is 2.71 bits per heavy atom. The third-order valence-corrected chi connectivity index (χ3v) is 2.41. The van der Waals surface area contributed by atoms with E-state index in [1.54, 1.807) is 13.0 Å². The first kappa shape index (κ1) is 11.0. The predicted octanol–water partition coefficient (Wildman–Crippen LogP) is 2.01. The molecule has 0 saturated heterocycles. The van der Waals surface area contributed by atoms with Crippen LogP contribution in [0.4, 0.5) is 0 Å². The van der Waals surface area contributed by atoms with Gasteiger partial charge in [-0.05, 0) is 47.5 Å². The molecule has 0 aromatic heterocycles. The summed E-state index contributed by atoms with van der Waals surface area (Å²) in [6, 6.07) is 5.63. The third-order valence-electron chi connectivity index (χ3n) is 1.79. The van der Waals surface area contributed by atoms with Gasteiger partial charge in [0.2, 0.25) is 0 Å². The molecule has 0 aliphatic heterocycles. The van der Waals surface area contributed by atoms with E-state index >= 15 is 0 Å². The lowest BCUT2D eigenvalue weighted by Crippen LogP contribution is -2.30. The molecule has 0 saturated carbocycles. The van der Waals surface area contributed by atoms with Crippen LogP contribution in [0.15, 0.2) is 22.7 Å². The van der Waals surface area contributed by atoms with Gasteiger partial charge in [-0.1, -0.05) is 6.07 Å². The molecule has 3 nitrogen and oxygen atoms in total. The van der Waals surface area contributed by atoms with Crippen molar-refractivity contribution in [2.24, 2.45) is 5.73 Å². The van der Waals surface area contributed by atoms with Crippen molar-refractivity contribution < 1.29 is 9.53 Å². The fourth-order valence-electron chi connectivity index (χ4n) is 0.950. The molecule has 0 aliphatic carbocycles. The molecule has 14 heavy (non-hydrogen) atoms. The number of halogens is 1. The molecule has 0 spiro atoms. The Labute approximate surface area is 91.4 Å². The maximum absolute atomic E-state index is 10.8. The Kier molecular flexibility index (Phi) is 3.52. The molecular formula is C10H12BrNO2. The fourth-order valence-corrected chi connectivity index (χ4v) is 1.54. The maximum atomic E-state index is 10.8. The second-order valence-corrected chi connectivity index (χ2v) is 3.95. The Balaban J connectivity index is 2.82. The highest BCUT2D eigenvalue weighted by molar-refractivity contribution is 9.10. The van der Waals surface area contributed by atoms with Crippen molar-refractivity contribution in [3.8, 4) is 5.75 Å². The molecule has 1 aromatic rings. The maximum Gasteiger partial charge on any atom is 0.258 e. The molecule has 0 fully saturated rings. The summed E-state index contributed by atoms with van der Waals surface area (Å²) >= 11 is 3.35. The summed E-state index contributed by atoms with van der Waals surface area (Å²) in [4.78, 5) is 10.8. The van der Waals surface area contributed by atoms with E-state index in [4.69, 9.17) is 10.5 Å². The van der Waals surface area contributed by atoms with E-state index in [0.717, 1.165) is 10.0 Å². The average Bonchev–Trinajstić information content (AvgIpc) is 2.09. The zero-order valence-corrected chi connectivity index (χ0v) is 9.67. The van der Waals surface area contributed by atoms with Gasteiger partial charge in [0.25, 0.3) is 5.91 Å². The van der Waals surface area contributed by atoms with Crippen molar-refractivity contribution in [2.45, 2.75) is 20.0 Å². The number of aryl methyl sites for hydroxylation is 1. The average molecular weight is 258 g/mol. The van der Waals surface area contributed by atoms with Crippen LogP contribution < -0.4 is 10.5 Å². The molecule has 1 aromatic carbocycles. The number of rotatable bonds is 3. The topological polar surface area (TPSA) is 52.3 Å². The SMILES string of the molecule is Cc1ccc(OC(C)C(N)=O)c(Br)c1. The van der Waals surface area contributed by atoms with Gasteiger partial charge in [0.1, 0.15) is 5.75 Å². The predicted molar refractivity (Wildman–Crippen MR) is 58.2 cm³/mol. The summed E-state index contributed by atoms with van der Waals surface area (Å²) in [5.41, 5.74) is 6.21. The van der Waals surface area contributed by atoms with E-state index < -0.39 is 12.0 Å². The molecule has 2 N–H and O–H groups in total. The van der Waals surface area contributed by atoms with Gasteiger partial charge in [0.15, 0.2) is 6.10 Å². The fraction of sp³-hybridized carbons (Fsp3) is 0.300. The molecule has 1 atom stereocenters. The minimum absolute atomic E-state index is 0.475. The Bertz CT molecular complexity index is 352. The van der Waals surface area contributed by atoms with Crippen LogP contribution >= 0.6 is 15.9 Å². The molecule has 0 aliphatic rings. The van der Waals surface area contributed by atoms with Gasteiger partial charge >= 0.3 is 0 Å². The zero-order chi connectivity index (χ0) is 10.7. The summed E-state index contributed by atoms with van der Waals surface area (Å²) in [5.74, 6) is 0.152. The lowest BCUT2D eigenvalue weighted by Gasteiger charge is -2.12. The van der Waals surface area contributed by atoms with Crippen molar-refractivity contribution in [3.05, 3.63) is 28.2 Å². The first-order valence-corrected chi connectivity index (χ1v) is 5.02. The number of benzene rings is 1. The van der Waals surface area contributed by atoms with E-state index in [2.05, 4.69) is 15.9 Å². The van der Waals surface area contributed by atoms with Crippen LogP contribution in [-0.4, -0.2) is 12.0 Å². The highest BCUT2D eigenvalue weighted by Gasteiger charge is 2.11. The van der Waals surface area contributed by atoms with Crippen LogP contribution in [0.2, 0.25) is 0 Å². The monoisotopic (exact) mass is 257 g/mol. The molecule has 0 radical (unpaired) electrons. The normalized spacial score (nSPS) is 12.2. The lowest BCUT2D eigenvalue weighted by atomic mass is 10.2. The first-order valence-electron chi connectivity index (χ1n) is 4.23. The Morgan fingerprint density at radius 1 is 1.57 bits per heavy atom. The standard InChI is InChI=1S/C10H12BrNO2/c1-6-3-4-9(8(11)5-6)14-7(2)10(12)13/h3-5,7H,1-2H3,(H2,12,13). The number of amides is 1. The molecule has 1 amide bonds. The largest absolute Gasteiger partial charge is 0.480 e. The van der Waals surface area contributed by atoms with Gasteiger partial charge in [-0.3, -0.25) is 4.79 Å². The van der Waals surface area contributed by atoms with Crippen LogP contribution in [0.5, 0.6) is 5.75 Å². The van der Waals surface area contributed by atoms with E-state index in [9.17, 15) is 4.79 Å². The number of hydrogen-bond acceptors (Lipinski definition) is 2. The van der Waals surface area contributed by atoms with Gasteiger partial charge in [0.05, 0.1) is 4.47 Å². The van der Waals surface area contributed by atoms with E-state index in [1.807, 2.05) is 19.1 Å². The molecule has 76 valence electrons. The second-order valence-electron chi connectivity index (χ2n) is 3.10. The Morgan fingerprint density at radius 2 is 2.21 bits per heavy atom. The van der Waals surface area contributed by atoms with E-state index in [-0.39, 0.29) is 0 Å². The van der Waals surface area contributed by atoms with Crippen LogP contribution in [-0.2, 0) is 4.79 Å². The van der Waals surface area contributed by atoms with Crippen molar-refractivity contribution in [3.63, 3.8) is 0 Å². The van der Waals surface area contributed by atoms with E-state index in [1.165, 1.54) is 0 Å². The first-order chi connectivity index (χ1) is 6.50. The molecule has 0 heterocycles.